The maximum absolute atomic E-state index is 6.09. The summed E-state index contributed by atoms with van der Waals surface area (Å²) in [5.41, 5.74) is 1.07. The molecule has 17 heavy (non-hydrogen) atoms. The van der Waals surface area contributed by atoms with Crippen LogP contribution in [0.3, 0.4) is 0 Å². The summed E-state index contributed by atoms with van der Waals surface area (Å²) >= 11 is 0. The largest absolute Gasteiger partial charge is 0.369 e. The van der Waals surface area contributed by atoms with Crippen molar-refractivity contribution in [3.05, 3.63) is 35.9 Å². The highest BCUT2D eigenvalue weighted by atomic mass is 16.5. The third-order valence-corrected chi connectivity index (χ3v) is 3.74. The van der Waals surface area contributed by atoms with Crippen LogP contribution in [0.4, 0.5) is 0 Å². The molecule has 1 aromatic carbocycles. The van der Waals surface area contributed by atoms with Crippen molar-refractivity contribution in [3.63, 3.8) is 0 Å². The first kappa shape index (κ1) is 12.6. The number of benzene rings is 1. The molecular weight excluding hydrogens is 210 g/mol. The summed E-state index contributed by atoms with van der Waals surface area (Å²) in [6, 6.07) is 11.1. The Morgan fingerprint density at radius 1 is 1.29 bits per heavy atom. The van der Waals surface area contributed by atoms with Crippen LogP contribution in [0.15, 0.2) is 30.3 Å². The van der Waals surface area contributed by atoms with Gasteiger partial charge in [-0.3, -0.25) is 0 Å². The molecule has 1 heterocycles. The fourth-order valence-corrected chi connectivity index (χ4v) is 2.44. The van der Waals surface area contributed by atoms with Gasteiger partial charge in [-0.25, -0.2) is 0 Å². The predicted molar refractivity (Wildman–Crippen MR) is 71.0 cm³/mol. The first-order valence-electron chi connectivity index (χ1n) is 6.55. The van der Waals surface area contributed by atoms with Gasteiger partial charge in [-0.15, -0.1) is 0 Å². The molecule has 0 spiro atoms. The zero-order valence-corrected chi connectivity index (χ0v) is 11.1. The molecule has 0 aromatic heterocycles. The summed E-state index contributed by atoms with van der Waals surface area (Å²) in [6.07, 6.45) is 1.10. The van der Waals surface area contributed by atoms with Crippen LogP contribution >= 0.6 is 0 Å². The maximum atomic E-state index is 6.09. The fraction of sp³-hybridized carbons (Fsp3) is 0.600. The average molecular weight is 233 g/mol. The molecule has 2 atom stereocenters. The maximum Gasteiger partial charge on any atom is 0.103 e. The molecule has 1 aliphatic rings. The molecule has 94 valence electrons. The second-order valence-electron chi connectivity index (χ2n) is 5.47. The highest BCUT2D eigenvalue weighted by Gasteiger charge is 2.31. The van der Waals surface area contributed by atoms with E-state index in [-0.39, 0.29) is 5.60 Å². The highest BCUT2D eigenvalue weighted by molar-refractivity contribution is 5.22. The number of nitrogens with one attached hydrogen (secondary N) is 1. The Kier molecular flexibility index (Phi) is 3.85. The van der Waals surface area contributed by atoms with E-state index >= 15 is 0 Å². The molecule has 1 aliphatic heterocycles. The van der Waals surface area contributed by atoms with Crippen LogP contribution in [0.1, 0.15) is 32.8 Å². The van der Waals surface area contributed by atoms with Gasteiger partial charge < -0.3 is 10.1 Å². The quantitative estimate of drug-likeness (QED) is 0.848. The van der Waals surface area contributed by atoms with E-state index in [4.69, 9.17) is 4.74 Å². The van der Waals surface area contributed by atoms with Crippen molar-refractivity contribution < 1.29 is 4.74 Å². The molecule has 0 bridgehead atoms. The van der Waals surface area contributed by atoms with Crippen LogP contribution in [0.2, 0.25) is 0 Å². The molecule has 1 saturated heterocycles. The Morgan fingerprint density at radius 3 is 2.65 bits per heavy atom. The summed E-state index contributed by atoms with van der Waals surface area (Å²) in [5, 5.41) is 3.65. The smallest absolute Gasteiger partial charge is 0.103 e. The lowest BCUT2D eigenvalue weighted by Gasteiger charge is -2.29. The van der Waals surface area contributed by atoms with E-state index in [1.165, 1.54) is 5.56 Å². The topological polar surface area (TPSA) is 21.3 Å². The summed E-state index contributed by atoms with van der Waals surface area (Å²) in [4.78, 5) is 0. The van der Waals surface area contributed by atoms with Crippen molar-refractivity contribution in [1.82, 2.24) is 5.32 Å². The molecule has 0 aliphatic carbocycles. The van der Waals surface area contributed by atoms with E-state index in [2.05, 4.69) is 50.4 Å². The van der Waals surface area contributed by atoms with Gasteiger partial charge >= 0.3 is 0 Å². The van der Waals surface area contributed by atoms with Crippen LogP contribution in [0, 0.1) is 5.92 Å². The summed E-state index contributed by atoms with van der Waals surface area (Å²) in [5.74, 6) is 0.664. The van der Waals surface area contributed by atoms with Gasteiger partial charge in [0.2, 0.25) is 0 Å². The van der Waals surface area contributed by atoms with Gasteiger partial charge in [-0.05, 0) is 24.8 Å². The molecule has 2 rings (SSSR count). The van der Waals surface area contributed by atoms with Crippen LogP contribution in [-0.2, 0) is 10.3 Å². The first-order valence-corrected chi connectivity index (χ1v) is 6.55. The average Bonchev–Trinajstić information content (AvgIpc) is 2.54. The second-order valence-corrected chi connectivity index (χ2v) is 5.47. The minimum absolute atomic E-state index is 0.190. The van der Waals surface area contributed by atoms with Crippen LogP contribution in [0.5, 0.6) is 0 Å². The summed E-state index contributed by atoms with van der Waals surface area (Å²) < 4.78 is 6.09. The van der Waals surface area contributed by atoms with E-state index in [1.54, 1.807) is 0 Å². The van der Waals surface area contributed by atoms with Crippen molar-refractivity contribution in [3.8, 4) is 0 Å². The predicted octanol–water partition coefficient (Wildman–Crippen LogP) is 2.94. The Labute approximate surface area is 104 Å². The van der Waals surface area contributed by atoms with Crippen molar-refractivity contribution in [1.29, 1.82) is 0 Å². The van der Waals surface area contributed by atoms with E-state index in [0.717, 1.165) is 19.6 Å². The molecule has 2 heteroatoms. The Balaban J connectivity index is 2.12. The monoisotopic (exact) mass is 233 g/mol. The van der Waals surface area contributed by atoms with Gasteiger partial charge in [0.1, 0.15) is 5.60 Å². The third kappa shape index (κ3) is 2.88. The van der Waals surface area contributed by atoms with Gasteiger partial charge in [0.15, 0.2) is 0 Å². The van der Waals surface area contributed by atoms with Crippen molar-refractivity contribution in [2.75, 3.05) is 13.2 Å². The van der Waals surface area contributed by atoms with Crippen molar-refractivity contribution in [2.45, 2.75) is 38.8 Å². The number of ether oxygens (including phenoxy) is 1. The van der Waals surface area contributed by atoms with E-state index in [1.807, 2.05) is 6.07 Å². The Hall–Kier alpha value is -0.860. The lowest BCUT2D eigenvalue weighted by molar-refractivity contribution is -0.0232. The van der Waals surface area contributed by atoms with Gasteiger partial charge in [0.25, 0.3) is 0 Å². The minimum Gasteiger partial charge on any atom is -0.369 e. The number of hydrogen-bond acceptors (Lipinski definition) is 2. The fourth-order valence-electron chi connectivity index (χ4n) is 2.44. The molecule has 2 nitrogen and oxygen atoms in total. The normalized spacial score (nSPS) is 30.2. The molecular formula is C15H23NO. The highest BCUT2D eigenvalue weighted by Crippen LogP contribution is 2.27. The van der Waals surface area contributed by atoms with Crippen molar-refractivity contribution >= 4 is 0 Å². The zero-order valence-electron chi connectivity index (χ0n) is 11.1. The summed E-state index contributed by atoms with van der Waals surface area (Å²) in [6.45, 7) is 8.44. The standard InChI is InChI=1S/C15H23NO/c1-12(2)14-9-10-17-15(3,11-16-14)13-7-5-4-6-8-13/h4-8,12,14,16H,9-11H2,1-3H3. The van der Waals surface area contributed by atoms with E-state index in [0.29, 0.717) is 12.0 Å². The molecule has 1 aromatic rings. The minimum atomic E-state index is -0.190. The Bertz CT molecular complexity index is 349. The van der Waals surface area contributed by atoms with Crippen LogP contribution in [-0.4, -0.2) is 19.2 Å². The van der Waals surface area contributed by atoms with Gasteiger partial charge in [0, 0.05) is 19.2 Å². The van der Waals surface area contributed by atoms with Crippen LogP contribution in [0.25, 0.3) is 0 Å². The van der Waals surface area contributed by atoms with Gasteiger partial charge in [-0.2, -0.15) is 0 Å². The lowest BCUT2D eigenvalue weighted by Crippen LogP contribution is -2.40. The van der Waals surface area contributed by atoms with E-state index < -0.39 is 0 Å². The molecule has 0 amide bonds. The second kappa shape index (κ2) is 5.19. The lowest BCUT2D eigenvalue weighted by atomic mass is 9.95. The molecule has 0 radical (unpaired) electrons. The van der Waals surface area contributed by atoms with Crippen LogP contribution < -0.4 is 5.32 Å². The van der Waals surface area contributed by atoms with Crippen molar-refractivity contribution in [2.24, 2.45) is 5.92 Å². The third-order valence-electron chi connectivity index (χ3n) is 3.74. The number of rotatable bonds is 2. The summed E-state index contributed by atoms with van der Waals surface area (Å²) in [7, 11) is 0. The number of hydrogen-bond donors (Lipinski definition) is 1. The van der Waals surface area contributed by atoms with Gasteiger partial charge in [-0.1, -0.05) is 44.2 Å². The molecule has 1 fully saturated rings. The SMILES string of the molecule is CC(C)C1CCOC(C)(c2ccccc2)CN1. The zero-order chi connectivity index (χ0) is 12.3. The molecule has 0 saturated carbocycles. The molecule has 1 N–H and O–H groups in total. The first-order chi connectivity index (χ1) is 8.12. The molecule has 2 unspecified atom stereocenters. The van der Waals surface area contributed by atoms with E-state index in [9.17, 15) is 0 Å². The van der Waals surface area contributed by atoms with Gasteiger partial charge in [0.05, 0.1) is 0 Å². The Morgan fingerprint density at radius 2 is 2.00 bits per heavy atom.